The van der Waals surface area contributed by atoms with Crippen LogP contribution in [0.15, 0.2) is 53.3 Å². The van der Waals surface area contributed by atoms with E-state index in [9.17, 15) is 0 Å². The topological polar surface area (TPSA) is 27.6 Å². The van der Waals surface area contributed by atoms with Crippen LogP contribution in [0.3, 0.4) is 0 Å². The van der Waals surface area contributed by atoms with Crippen LogP contribution in [0.4, 0.5) is 0 Å². The summed E-state index contributed by atoms with van der Waals surface area (Å²) in [6.07, 6.45) is 5.17. The number of halogens is 6. The molecule has 1 N–H and O–H groups in total. The lowest BCUT2D eigenvalue weighted by molar-refractivity contribution is 0.221. The summed E-state index contributed by atoms with van der Waals surface area (Å²) >= 11 is 35.0. The Kier molecular flexibility index (Phi) is 5.81. The second kappa shape index (κ2) is 7.08. The summed E-state index contributed by atoms with van der Waals surface area (Å²) in [6, 6.07) is 9.65. The lowest BCUT2D eigenvalue weighted by Crippen LogP contribution is -2.45. The molecule has 1 aliphatic heterocycles. The molecule has 0 saturated heterocycles. The van der Waals surface area contributed by atoms with Crippen molar-refractivity contribution < 1.29 is 0 Å². The number of alkyl halides is 6. The number of rotatable bonds is 2. The minimum Gasteiger partial charge on any atom is -0.278 e. The van der Waals surface area contributed by atoms with Crippen molar-refractivity contribution in [3.63, 3.8) is 0 Å². The van der Waals surface area contributed by atoms with E-state index in [-0.39, 0.29) is 5.71 Å². The first-order valence-corrected chi connectivity index (χ1v) is 8.17. The van der Waals surface area contributed by atoms with Crippen LogP contribution in [0.25, 0.3) is 6.08 Å². The summed E-state index contributed by atoms with van der Waals surface area (Å²) in [7, 11) is 0. The van der Waals surface area contributed by atoms with E-state index in [1.165, 1.54) is 0 Å². The summed E-state index contributed by atoms with van der Waals surface area (Å²) in [5.74, 6) is 0. The van der Waals surface area contributed by atoms with Crippen LogP contribution in [0.5, 0.6) is 0 Å². The second-order valence-electron chi connectivity index (χ2n) is 4.22. The van der Waals surface area contributed by atoms with Crippen molar-refractivity contribution in [3.8, 4) is 0 Å². The third kappa shape index (κ3) is 5.12. The normalized spacial score (nSPS) is 16.4. The third-order valence-corrected chi connectivity index (χ3v) is 3.58. The van der Waals surface area contributed by atoms with Crippen LogP contribution < -0.4 is 5.43 Å². The molecule has 0 saturated carbocycles. The van der Waals surface area contributed by atoms with Gasteiger partial charge in [0.2, 0.25) is 3.79 Å². The summed E-state index contributed by atoms with van der Waals surface area (Å²) < 4.78 is -3.59. The van der Waals surface area contributed by atoms with Gasteiger partial charge in [0.1, 0.15) is 5.71 Å². The molecule has 1 aromatic rings. The van der Waals surface area contributed by atoms with Gasteiger partial charge in [-0.05, 0) is 17.7 Å². The Balaban J connectivity index is 2.29. The maximum Gasteiger partial charge on any atom is 0.301 e. The summed E-state index contributed by atoms with van der Waals surface area (Å²) in [4.78, 5) is 0. The predicted molar refractivity (Wildman–Crippen MR) is 96.5 cm³/mol. The van der Waals surface area contributed by atoms with Crippen LogP contribution >= 0.6 is 69.6 Å². The number of hydrazone groups is 1. The van der Waals surface area contributed by atoms with E-state index in [2.05, 4.69) is 10.5 Å². The number of hydrogen-bond donors (Lipinski definition) is 1. The Morgan fingerprint density at radius 3 is 2.14 bits per heavy atom. The Labute approximate surface area is 158 Å². The quantitative estimate of drug-likeness (QED) is 0.509. The highest BCUT2D eigenvalue weighted by atomic mass is 35.6. The molecule has 22 heavy (non-hydrogen) atoms. The molecule has 0 bridgehead atoms. The number of hydrazine groups is 1. The molecule has 0 amide bonds. The first kappa shape index (κ1) is 18.1. The van der Waals surface area contributed by atoms with Crippen molar-refractivity contribution in [2.45, 2.75) is 7.71 Å². The van der Waals surface area contributed by atoms with Gasteiger partial charge in [-0.25, -0.2) is 0 Å². The lowest BCUT2D eigenvalue weighted by atomic mass is 10.2. The largest absolute Gasteiger partial charge is 0.301 e. The summed E-state index contributed by atoms with van der Waals surface area (Å²) in [5, 5.41) is 4.95. The summed E-state index contributed by atoms with van der Waals surface area (Å²) in [6.45, 7) is 0. The Morgan fingerprint density at radius 1 is 0.955 bits per heavy atom. The highest BCUT2D eigenvalue weighted by Gasteiger charge is 2.36. The van der Waals surface area contributed by atoms with Gasteiger partial charge in [0.05, 0.1) is 5.70 Å². The molecule has 9 heteroatoms. The molecule has 0 radical (unpaired) electrons. The Morgan fingerprint density at radius 2 is 1.59 bits per heavy atom. The Bertz CT molecular complexity index is 613. The molecule has 0 unspecified atom stereocenters. The molecule has 1 aliphatic rings. The lowest BCUT2D eigenvalue weighted by Gasteiger charge is -2.32. The van der Waals surface area contributed by atoms with Crippen LogP contribution in [0.2, 0.25) is 0 Å². The number of nitrogens with one attached hydrogen (secondary N) is 1. The first-order valence-electron chi connectivity index (χ1n) is 5.90. The molecule has 3 nitrogen and oxygen atoms in total. The van der Waals surface area contributed by atoms with Crippen LogP contribution in [-0.4, -0.2) is 18.5 Å². The molecule has 0 spiro atoms. The molecule has 118 valence electrons. The van der Waals surface area contributed by atoms with Gasteiger partial charge in [0.25, 0.3) is 0 Å². The van der Waals surface area contributed by atoms with Crippen molar-refractivity contribution in [2.75, 3.05) is 0 Å². The molecular formula is C13H9Cl6N3. The van der Waals surface area contributed by atoms with E-state index in [0.717, 1.165) is 10.7 Å². The predicted octanol–water partition coefficient (Wildman–Crippen LogP) is 5.46. The van der Waals surface area contributed by atoms with Gasteiger partial charge in [0.15, 0.2) is 0 Å². The fraction of sp³-hybridized carbons (Fsp3) is 0.154. The SMILES string of the molecule is ClC(Cl)(Cl)C1=NN(C(Cl)(Cl)Cl)NC(C=Cc2ccccc2)=C1. The molecule has 0 aliphatic carbocycles. The first-order chi connectivity index (χ1) is 10.2. The second-order valence-corrected chi connectivity index (χ2v) is 8.72. The highest BCUT2D eigenvalue weighted by Crippen LogP contribution is 2.35. The van der Waals surface area contributed by atoms with Gasteiger partial charge < -0.3 is 0 Å². The standard InChI is InChI=1S/C13H9Cl6N3/c14-12(15,16)11-8-10(20-22(21-11)13(17,18)19)7-6-9-4-2-1-3-5-9/h1-8,20H. The fourth-order valence-electron chi connectivity index (χ4n) is 1.56. The van der Waals surface area contributed by atoms with E-state index in [0.29, 0.717) is 5.70 Å². The van der Waals surface area contributed by atoms with Crippen LogP contribution in [0.1, 0.15) is 5.56 Å². The maximum atomic E-state index is 5.86. The van der Waals surface area contributed by atoms with Crippen molar-refractivity contribution >= 4 is 81.4 Å². The number of allylic oxidation sites excluding steroid dienone is 2. The highest BCUT2D eigenvalue weighted by molar-refractivity contribution is 6.77. The van der Waals surface area contributed by atoms with E-state index in [4.69, 9.17) is 69.6 Å². The Hall–Kier alpha value is -0.290. The van der Waals surface area contributed by atoms with E-state index in [1.807, 2.05) is 36.4 Å². The fourth-order valence-corrected chi connectivity index (χ4v) is 2.07. The zero-order chi connectivity index (χ0) is 16.4. The van der Waals surface area contributed by atoms with Gasteiger partial charge in [-0.15, -0.1) is 0 Å². The zero-order valence-corrected chi connectivity index (χ0v) is 15.3. The van der Waals surface area contributed by atoms with Crippen LogP contribution in [0, 0.1) is 0 Å². The van der Waals surface area contributed by atoms with Crippen LogP contribution in [-0.2, 0) is 0 Å². The van der Waals surface area contributed by atoms with Gasteiger partial charge in [0, 0.05) is 0 Å². The molecule has 1 heterocycles. The van der Waals surface area contributed by atoms with Crippen molar-refractivity contribution in [1.29, 1.82) is 0 Å². The van der Waals surface area contributed by atoms with Crippen molar-refractivity contribution in [3.05, 3.63) is 53.7 Å². The molecule has 1 aromatic carbocycles. The number of nitrogens with zero attached hydrogens (tertiary/aromatic N) is 2. The minimum absolute atomic E-state index is 0.121. The van der Waals surface area contributed by atoms with Gasteiger partial charge in [-0.1, -0.05) is 106 Å². The number of hydrogen-bond acceptors (Lipinski definition) is 3. The summed E-state index contributed by atoms with van der Waals surface area (Å²) in [5.41, 5.74) is 4.47. The third-order valence-electron chi connectivity index (χ3n) is 2.52. The molecule has 0 aromatic heterocycles. The molecule has 0 fully saturated rings. The molecule has 2 rings (SSSR count). The van der Waals surface area contributed by atoms with E-state index < -0.39 is 7.71 Å². The minimum atomic E-state index is -1.85. The van der Waals surface area contributed by atoms with Gasteiger partial charge in [-0.3, -0.25) is 5.43 Å². The van der Waals surface area contributed by atoms with Gasteiger partial charge >= 0.3 is 3.92 Å². The monoisotopic (exact) mass is 417 g/mol. The van der Waals surface area contributed by atoms with E-state index in [1.54, 1.807) is 12.2 Å². The average Bonchev–Trinajstić information content (AvgIpc) is 2.44. The number of benzene rings is 1. The average molecular weight is 420 g/mol. The zero-order valence-electron chi connectivity index (χ0n) is 10.8. The van der Waals surface area contributed by atoms with E-state index >= 15 is 0 Å². The molecule has 0 atom stereocenters. The smallest absolute Gasteiger partial charge is 0.278 e. The molecular weight excluding hydrogens is 411 g/mol. The maximum absolute atomic E-state index is 5.86. The van der Waals surface area contributed by atoms with Gasteiger partial charge in [-0.2, -0.15) is 10.2 Å². The van der Waals surface area contributed by atoms with Crippen molar-refractivity contribution in [1.82, 2.24) is 10.5 Å². The van der Waals surface area contributed by atoms with Crippen molar-refractivity contribution in [2.24, 2.45) is 5.10 Å².